The second kappa shape index (κ2) is 4.86. The van der Waals surface area contributed by atoms with Crippen LogP contribution in [-0.4, -0.2) is 19.3 Å². The third-order valence-electron chi connectivity index (χ3n) is 2.60. The highest BCUT2D eigenvalue weighted by atomic mass is 35.5. The zero-order valence-corrected chi connectivity index (χ0v) is 9.59. The second-order valence-electron chi connectivity index (χ2n) is 3.86. The number of rotatable bonds is 3. The maximum atomic E-state index is 5.90. The molecule has 0 aromatic heterocycles. The van der Waals surface area contributed by atoms with Crippen molar-refractivity contribution in [2.24, 2.45) is 0 Å². The minimum Gasteiger partial charge on any atom is -0.491 e. The first-order valence-corrected chi connectivity index (χ1v) is 5.64. The summed E-state index contributed by atoms with van der Waals surface area (Å²) in [7, 11) is 0. The molecule has 1 aromatic carbocycles. The van der Waals surface area contributed by atoms with Gasteiger partial charge in [-0.25, -0.2) is 0 Å². The van der Waals surface area contributed by atoms with Crippen molar-refractivity contribution >= 4 is 11.6 Å². The molecule has 1 fully saturated rings. The zero-order valence-electron chi connectivity index (χ0n) is 8.83. The van der Waals surface area contributed by atoms with E-state index in [0.29, 0.717) is 11.6 Å². The zero-order chi connectivity index (χ0) is 10.7. The molecule has 0 saturated carbocycles. The molecule has 0 radical (unpaired) electrons. The summed E-state index contributed by atoms with van der Waals surface area (Å²) in [6, 6.07) is 5.69. The average molecular weight is 227 g/mol. The Labute approximate surface area is 95.1 Å². The van der Waals surface area contributed by atoms with E-state index in [-0.39, 0.29) is 6.10 Å². The molecule has 2 rings (SSSR count). The molecule has 0 amide bonds. The van der Waals surface area contributed by atoms with Crippen molar-refractivity contribution in [3.8, 4) is 5.75 Å². The lowest BCUT2D eigenvalue weighted by Gasteiger charge is -2.13. The summed E-state index contributed by atoms with van der Waals surface area (Å²) >= 11 is 5.90. The number of benzene rings is 1. The molecule has 82 valence electrons. The molecule has 2 nitrogen and oxygen atoms in total. The predicted molar refractivity (Wildman–Crippen MR) is 60.7 cm³/mol. The highest BCUT2D eigenvalue weighted by Gasteiger charge is 2.16. The Bertz CT molecular complexity index is 332. The number of aryl methyl sites for hydroxylation is 1. The summed E-state index contributed by atoms with van der Waals surface area (Å²) < 4.78 is 11.2. The third kappa shape index (κ3) is 2.86. The fraction of sp³-hybridized carbons (Fsp3) is 0.500. The summed E-state index contributed by atoms with van der Waals surface area (Å²) in [6.07, 6.45) is 2.49. The van der Waals surface area contributed by atoms with Crippen LogP contribution in [0.2, 0.25) is 5.02 Å². The van der Waals surface area contributed by atoms with Crippen molar-refractivity contribution in [3.63, 3.8) is 0 Å². The van der Waals surface area contributed by atoms with Crippen LogP contribution >= 0.6 is 11.6 Å². The molecular weight excluding hydrogens is 212 g/mol. The van der Waals surface area contributed by atoms with Crippen LogP contribution in [0.5, 0.6) is 5.75 Å². The second-order valence-corrected chi connectivity index (χ2v) is 4.29. The molecule has 0 bridgehead atoms. The van der Waals surface area contributed by atoms with E-state index in [0.717, 1.165) is 30.8 Å². The molecule has 1 atom stereocenters. The minimum atomic E-state index is 0.253. The van der Waals surface area contributed by atoms with Crippen molar-refractivity contribution in [2.45, 2.75) is 25.9 Å². The number of hydrogen-bond acceptors (Lipinski definition) is 2. The van der Waals surface area contributed by atoms with Crippen molar-refractivity contribution in [1.82, 2.24) is 0 Å². The summed E-state index contributed by atoms with van der Waals surface area (Å²) in [5, 5.41) is 0.711. The summed E-state index contributed by atoms with van der Waals surface area (Å²) in [4.78, 5) is 0. The molecular formula is C12H15ClO2. The van der Waals surface area contributed by atoms with Gasteiger partial charge >= 0.3 is 0 Å². The van der Waals surface area contributed by atoms with Gasteiger partial charge in [-0.15, -0.1) is 0 Å². The Balaban J connectivity index is 1.94. The van der Waals surface area contributed by atoms with Gasteiger partial charge in [0.05, 0.1) is 6.10 Å². The Morgan fingerprint density at radius 1 is 1.53 bits per heavy atom. The molecule has 0 spiro atoms. The van der Waals surface area contributed by atoms with Gasteiger partial charge in [-0.1, -0.05) is 17.7 Å². The fourth-order valence-corrected chi connectivity index (χ4v) is 1.85. The smallest absolute Gasteiger partial charge is 0.123 e. The van der Waals surface area contributed by atoms with Gasteiger partial charge in [-0.2, -0.15) is 0 Å². The summed E-state index contributed by atoms with van der Waals surface area (Å²) in [6.45, 7) is 3.50. The SMILES string of the molecule is Cc1ccc(Cl)cc1OCC1CCCO1. The first kappa shape index (κ1) is 10.8. The van der Waals surface area contributed by atoms with E-state index in [1.165, 1.54) is 0 Å². The summed E-state index contributed by atoms with van der Waals surface area (Å²) in [5.74, 6) is 0.859. The molecule has 15 heavy (non-hydrogen) atoms. The number of ether oxygens (including phenoxy) is 2. The van der Waals surface area contributed by atoms with Crippen molar-refractivity contribution in [3.05, 3.63) is 28.8 Å². The van der Waals surface area contributed by atoms with E-state index in [4.69, 9.17) is 21.1 Å². The van der Waals surface area contributed by atoms with Gasteiger partial charge < -0.3 is 9.47 Å². The largest absolute Gasteiger partial charge is 0.491 e. The van der Waals surface area contributed by atoms with E-state index in [2.05, 4.69) is 0 Å². The lowest BCUT2D eigenvalue weighted by Crippen LogP contribution is -2.16. The quantitative estimate of drug-likeness (QED) is 0.788. The molecule has 1 aliphatic rings. The minimum absolute atomic E-state index is 0.253. The van der Waals surface area contributed by atoms with Crippen LogP contribution in [0.25, 0.3) is 0 Å². The van der Waals surface area contributed by atoms with E-state index in [1.54, 1.807) is 0 Å². The highest BCUT2D eigenvalue weighted by Crippen LogP contribution is 2.23. The molecule has 1 aliphatic heterocycles. The summed E-state index contributed by atoms with van der Waals surface area (Å²) in [5.41, 5.74) is 1.11. The van der Waals surface area contributed by atoms with Gasteiger partial charge in [-0.05, 0) is 37.5 Å². The van der Waals surface area contributed by atoms with E-state index in [1.807, 2.05) is 25.1 Å². The topological polar surface area (TPSA) is 18.5 Å². The Kier molecular flexibility index (Phi) is 3.49. The van der Waals surface area contributed by atoms with Gasteiger partial charge in [0.15, 0.2) is 0 Å². The lowest BCUT2D eigenvalue weighted by molar-refractivity contribution is 0.0677. The van der Waals surface area contributed by atoms with Crippen LogP contribution in [0.4, 0.5) is 0 Å². The van der Waals surface area contributed by atoms with Crippen LogP contribution in [0.15, 0.2) is 18.2 Å². The van der Waals surface area contributed by atoms with Gasteiger partial charge in [0.2, 0.25) is 0 Å². The first-order valence-electron chi connectivity index (χ1n) is 5.26. The standard InChI is InChI=1S/C12H15ClO2/c1-9-4-5-10(13)7-12(9)15-8-11-3-2-6-14-11/h4-5,7,11H,2-3,6,8H2,1H3. The van der Waals surface area contributed by atoms with E-state index in [9.17, 15) is 0 Å². The molecule has 0 N–H and O–H groups in total. The molecule has 1 unspecified atom stereocenters. The van der Waals surface area contributed by atoms with Crippen molar-refractivity contribution < 1.29 is 9.47 Å². The third-order valence-corrected chi connectivity index (χ3v) is 2.83. The van der Waals surface area contributed by atoms with Crippen molar-refractivity contribution in [2.75, 3.05) is 13.2 Å². The van der Waals surface area contributed by atoms with Gasteiger partial charge in [-0.3, -0.25) is 0 Å². The molecule has 1 saturated heterocycles. The van der Waals surface area contributed by atoms with E-state index >= 15 is 0 Å². The average Bonchev–Trinajstić information content (AvgIpc) is 2.72. The van der Waals surface area contributed by atoms with Crippen LogP contribution in [-0.2, 0) is 4.74 Å². The first-order chi connectivity index (χ1) is 7.25. The monoisotopic (exact) mass is 226 g/mol. The predicted octanol–water partition coefficient (Wildman–Crippen LogP) is 3.21. The Morgan fingerprint density at radius 3 is 3.13 bits per heavy atom. The maximum Gasteiger partial charge on any atom is 0.123 e. The number of hydrogen-bond donors (Lipinski definition) is 0. The molecule has 1 heterocycles. The van der Waals surface area contributed by atoms with Gasteiger partial charge in [0.1, 0.15) is 12.4 Å². The fourth-order valence-electron chi connectivity index (χ4n) is 1.69. The molecule has 0 aliphatic carbocycles. The number of halogens is 1. The van der Waals surface area contributed by atoms with Crippen molar-refractivity contribution in [1.29, 1.82) is 0 Å². The maximum absolute atomic E-state index is 5.90. The highest BCUT2D eigenvalue weighted by molar-refractivity contribution is 6.30. The van der Waals surface area contributed by atoms with Crippen LogP contribution in [0.3, 0.4) is 0 Å². The van der Waals surface area contributed by atoms with Crippen LogP contribution in [0, 0.1) is 6.92 Å². The lowest BCUT2D eigenvalue weighted by atomic mass is 10.2. The van der Waals surface area contributed by atoms with Crippen LogP contribution < -0.4 is 4.74 Å². The van der Waals surface area contributed by atoms with Crippen LogP contribution in [0.1, 0.15) is 18.4 Å². The molecule has 1 aromatic rings. The van der Waals surface area contributed by atoms with Gasteiger partial charge in [0, 0.05) is 11.6 Å². The Hall–Kier alpha value is -0.730. The molecule has 3 heteroatoms. The normalized spacial score (nSPS) is 20.5. The Morgan fingerprint density at radius 2 is 2.40 bits per heavy atom. The van der Waals surface area contributed by atoms with Gasteiger partial charge in [0.25, 0.3) is 0 Å². The van der Waals surface area contributed by atoms with E-state index < -0.39 is 0 Å².